The molecule has 0 spiro atoms. The number of hydrogen-bond acceptors (Lipinski definition) is 2. The predicted octanol–water partition coefficient (Wildman–Crippen LogP) is 3.16. The Morgan fingerprint density at radius 2 is 2.11 bits per heavy atom. The maximum Gasteiger partial charge on any atom is 0.393 e. The van der Waals surface area contributed by atoms with Crippen LogP contribution < -0.4 is 0 Å². The molecule has 0 radical (unpaired) electrons. The van der Waals surface area contributed by atoms with Crippen molar-refractivity contribution in [1.29, 1.82) is 0 Å². The molecule has 0 bridgehead atoms. The molecule has 3 nitrogen and oxygen atoms in total. The van der Waals surface area contributed by atoms with Crippen molar-refractivity contribution in [3.05, 3.63) is 16.4 Å². The number of alkyl halides is 3. The number of aryl methyl sites for hydroxylation is 2. The molecular weight excluding hydrogens is 279 g/mol. The second-order valence-electron chi connectivity index (χ2n) is 5.09. The Kier molecular flexibility index (Phi) is 4.11. The minimum atomic E-state index is -4.10. The van der Waals surface area contributed by atoms with Gasteiger partial charge < -0.3 is 0 Å². The van der Waals surface area contributed by atoms with Crippen molar-refractivity contribution in [3.63, 3.8) is 0 Å². The molecule has 1 aliphatic heterocycles. The monoisotopic (exact) mass is 295 g/mol. The van der Waals surface area contributed by atoms with E-state index >= 15 is 0 Å². The van der Waals surface area contributed by atoms with Gasteiger partial charge in [-0.25, -0.2) is 0 Å². The number of hydrogen-bond donors (Lipinski definition) is 0. The Morgan fingerprint density at radius 3 is 2.63 bits per heavy atom. The van der Waals surface area contributed by atoms with Crippen molar-refractivity contribution in [1.82, 2.24) is 14.7 Å². The van der Waals surface area contributed by atoms with Gasteiger partial charge in [0.2, 0.25) is 0 Å². The lowest BCUT2D eigenvalue weighted by Crippen LogP contribution is -2.41. The smallest absolute Gasteiger partial charge is 0.298 e. The van der Waals surface area contributed by atoms with Gasteiger partial charge in [0.25, 0.3) is 0 Å². The van der Waals surface area contributed by atoms with Crippen LogP contribution >= 0.6 is 11.6 Å². The van der Waals surface area contributed by atoms with E-state index in [-0.39, 0.29) is 13.0 Å². The first-order valence-corrected chi connectivity index (χ1v) is 6.64. The Morgan fingerprint density at radius 1 is 1.42 bits per heavy atom. The van der Waals surface area contributed by atoms with Gasteiger partial charge in [-0.3, -0.25) is 9.58 Å². The summed E-state index contributed by atoms with van der Waals surface area (Å²) in [6, 6.07) is 0. The highest BCUT2D eigenvalue weighted by atomic mass is 35.5. The van der Waals surface area contributed by atoms with Crippen LogP contribution in [0.25, 0.3) is 0 Å². The summed E-state index contributed by atoms with van der Waals surface area (Å²) in [6.07, 6.45) is -3.31. The van der Waals surface area contributed by atoms with Crippen LogP contribution in [0.2, 0.25) is 5.15 Å². The molecule has 2 rings (SSSR count). The molecule has 1 unspecified atom stereocenters. The molecule has 0 amide bonds. The molecule has 1 aliphatic rings. The van der Waals surface area contributed by atoms with Gasteiger partial charge in [0, 0.05) is 25.7 Å². The van der Waals surface area contributed by atoms with E-state index in [2.05, 4.69) is 5.10 Å². The van der Waals surface area contributed by atoms with Crippen molar-refractivity contribution < 1.29 is 13.2 Å². The minimum Gasteiger partial charge on any atom is -0.298 e. The Hall–Kier alpha value is -0.750. The standard InChI is InChI=1S/C12H17ClF3N3/c1-8-10(11(13)18(2)17-8)7-19-5-3-4-9(6-19)12(14,15)16/h9H,3-7H2,1-2H3. The third kappa shape index (κ3) is 3.23. The molecule has 1 saturated heterocycles. The first-order valence-electron chi connectivity index (χ1n) is 6.26. The Balaban J connectivity index is 2.07. The lowest BCUT2D eigenvalue weighted by molar-refractivity contribution is -0.187. The summed E-state index contributed by atoms with van der Waals surface area (Å²) in [6.45, 7) is 2.99. The van der Waals surface area contributed by atoms with Crippen molar-refractivity contribution in [2.24, 2.45) is 13.0 Å². The molecule has 1 atom stereocenters. The normalized spacial score (nSPS) is 21.9. The average Bonchev–Trinajstić information content (AvgIpc) is 2.55. The summed E-state index contributed by atoms with van der Waals surface area (Å²) in [5.41, 5.74) is 1.61. The summed E-state index contributed by atoms with van der Waals surface area (Å²) in [4.78, 5) is 1.82. The van der Waals surface area contributed by atoms with Gasteiger partial charge >= 0.3 is 6.18 Å². The lowest BCUT2D eigenvalue weighted by atomic mass is 9.97. The van der Waals surface area contributed by atoms with Gasteiger partial charge in [-0.05, 0) is 26.3 Å². The number of piperidine rings is 1. The summed E-state index contributed by atoms with van der Waals surface area (Å²) < 4.78 is 39.8. The topological polar surface area (TPSA) is 21.1 Å². The number of nitrogens with zero attached hydrogens (tertiary/aromatic N) is 3. The molecule has 0 aromatic carbocycles. The van der Waals surface area contributed by atoms with E-state index in [0.717, 1.165) is 11.3 Å². The van der Waals surface area contributed by atoms with Crippen molar-refractivity contribution >= 4 is 11.6 Å². The second-order valence-corrected chi connectivity index (χ2v) is 5.45. The van der Waals surface area contributed by atoms with Gasteiger partial charge in [-0.2, -0.15) is 18.3 Å². The molecule has 0 N–H and O–H groups in total. The fourth-order valence-corrected chi connectivity index (χ4v) is 2.78. The Labute approximate surface area is 115 Å². The lowest BCUT2D eigenvalue weighted by Gasteiger charge is -2.33. The number of halogens is 4. The van der Waals surface area contributed by atoms with Crippen LogP contribution in [-0.2, 0) is 13.6 Å². The van der Waals surface area contributed by atoms with E-state index < -0.39 is 12.1 Å². The molecular formula is C12H17ClF3N3. The maximum atomic E-state index is 12.7. The van der Waals surface area contributed by atoms with Gasteiger partial charge in [0.05, 0.1) is 11.6 Å². The van der Waals surface area contributed by atoms with Gasteiger partial charge in [-0.1, -0.05) is 11.6 Å². The van der Waals surface area contributed by atoms with Crippen LogP contribution in [0.1, 0.15) is 24.1 Å². The predicted molar refractivity (Wildman–Crippen MR) is 67.0 cm³/mol. The fourth-order valence-electron chi connectivity index (χ4n) is 2.54. The van der Waals surface area contributed by atoms with Crippen LogP contribution in [0.5, 0.6) is 0 Å². The zero-order chi connectivity index (χ0) is 14.2. The van der Waals surface area contributed by atoms with Crippen LogP contribution in [0.3, 0.4) is 0 Å². The third-order valence-electron chi connectivity index (χ3n) is 3.62. The maximum absolute atomic E-state index is 12.7. The van der Waals surface area contributed by atoms with Crippen molar-refractivity contribution in [2.45, 2.75) is 32.5 Å². The quantitative estimate of drug-likeness (QED) is 0.836. The zero-order valence-corrected chi connectivity index (χ0v) is 11.7. The SMILES string of the molecule is Cc1nn(C)c(Cl)c1CN1CCCC(C(F)(F)F)C1. The fraction of sp³-hybridized carbons (Fsp3) is 0.750. The van der Waals surface area contributed by atoms with E-state index in [0.29, 0.717) is 24.7 Å². The highest BCUT2D eigenvalue weighted by Crippen LogP contribution is 2.34. The zero-order valence-electron chi connectivity index (χ0n) is 11.0. The molecule has 1 aromatic rings. The molecule has 0 aliphatic carbocycles. The summed E-state index contributed by atoms with van der Waals surface area (Å²) in [5, 5.41) is 4.69. The highest BCUT2D eigenvalue weighted by Gasteiger charge is 2.41. The summed E-state index contributed by atoms with van der Waals surface area (Å²) in [7, 11) is 1.73. The largest absolute Gasteiger partial charge is 0.393 e. The van der Waals surface area contributed by atoms with E-state index in [1.54, 1.807) is 11.7 Å². The van der Waals surface area contributed by atoms with Gasteiger partial charge in [0.1, 0.15) is 5.15 Å². The molecule has 7 heteroatoms. The minimum absolute atomic E-state index is 0.0498. The highest BCUT2D eigenvalue weighted by molar-refractivity contribution is 6.30. The molecule has 2 heterocycles. The van der Waals surface area contributed by atoms with E-state index in [9.17, 15) is 13.2 Å². The first kappa shape index (κ1) is 14.7. The van der Waals surface area contributed by atoms with Crippen LogP contribution in [-0.4, -0.2) is 33.9 Å². The molecule has 0 saturated carbocycles. The van der Waals surface area contributed by atoms with Crippen LogP contribution in [0.15, 0.2) is 0 Å². The molecule has 1 aromatic heterocycles. The van der Waals surface area contributed by atoms with Gasteiger partial charge in [-0.15, -0.1) is 0 Å². The third-order valence-corrected chi connectivity index (χ3v) is 4.09. The van der Waals surface area contributed by atoms with Crippen LogP contribution in [0.4, 0.5) is 13.2 Å². The molecule has 1 fully saturated rings. The van der Waals surface area contributed by atoms with E-state index in [1.165, 1.54) is 0 Å². The van der Waals surface area contributed by atoms with Gasteiger partial charge in [0.15, 0.2) is 0 Å². The number of likely N-dealkylation sites (tertiary alicyclic amines) is 1. The number of rotatable bonds is 2. The average molecular weight is 296 g/mol. The van der Waals surface area contributed by atoms with Crippen LogP contribution in [0, 0.1) is 12.8 Å². The Bertz CT molecular complexity index is 456. The molecule has 19 heavy (non-hydrogen) atoms. The van der Waals surface area contributed by atoms with E-state index in [4.69, 9.17) is 11.6 Å². The first-order chi connectivity index (χ1) is 8.79. The molecule has 108 valence electrons. The summed E-state index contributed by atoms with van der Waals surface area (Å²) >= 11 is 6.11. The van der Waals surface area contributed by atoms with Crippen molar-refractivity contribution in [3.8, 4) is 0 Å². The summed E-state index contributed by atoms with van der Waals surface area (Å²) in [5.74, 6) is -1.22. The van der Waals surface area contributed by atoms with Crippen molar-refractivity contribution in [2.75, 3.05) is 13.1 Å². The second kappa shape index (κ2) is 5.32. The number of aromatic nitrogens is 2. The van der Waals surface area contributed by atoms with E-state index in [1.807, 2.05) is 11.8 Å².